The van der Waals surface area contributed by atoms with Gasteiger partial charge in [-0.25, -0.2) is 9.97 Å². The number of nitrogens with zero attached hydrogens (tertiary/aromatic N) is 2. The Bertz CT molecular complexity index is 295. The maximum Gasteiger partial charge on any atom is 0.148 e. The van der Waals surface area contributed by atoms with Crippen LogP contribution < -0.4 is 5.32 Å². The summed E-state index contributed by atoms with van der Waals surface area (Å²) in [7, 11) is 0. The van der Waals surface area contributed by atoms with Crippen LogP contribution in [0.3, 0.4) is 0 Å². The van der Waals surface area contributed by atoms with Crippen molar-refractivity contribution >= 4 is 33.3 Å². The molecule has 2 N–H and O–H groups in total. The minimum Gasteiger partial charge on any atom is -0.392 e. The van der Waals surface area contributed by atoms with E-state index in [1.54, 1.807) is 6.92 Å². The number of aliphatic hydroxyl groups is 1. The number of aliphatic hydroxyl groups excluding tert-OH is 1. The fourth-order valence-corrected chi connectivity index (χ4v) is 1.19. The number of rotatable bonds is 3. The maximum atomic E-state index is 9.02. The van der Waals surface area contributed by atoms with E-state index in [0.717, 1.165) is 0 Å². The number of hydrogen-bond donors (Lipinski definition) is 2. The highest BCUT2D eigenvalue weighted by atomic mass is 79.9. The Morgan fingerprint density at radius 2 is 2.38 bits per heavy atom. The van der Waals surface area contributed by atoms with Gasteiger partial charge in [0.25, 0.3) is 0 Å². The highest BCUT2D eigenvalue weighted by molar-refractivity contribution is 9.10. The minimum atomic E-state index is -0.430. The minimum absolute atomic E-state index is 0.350. The standard InChI is InChI=1S/C7H9BrClN3O/c1-4(13)2-10-7-5(8)6(9)11-3-12-7/h3-4,13H,2H2,1H3,(H,10,11,12). The van der Waals surface area contributed by atoms with Gasteiger partial charge in [-0.3, -0.25) is 0 Å². The van der Waals surface area contributed by atoms with Crippen molar-refractivity contribution in [2.75, 3.05) is 11.9 Å². The summed E-state index contributed by atoms with van der Waals surface area (Å²) in [5, 5.41) is 12.3. The van der Waals surface area contributed by atoms with Crippen LogP contribution in [0.1, 0.15) is 6.92 Å². The lowest BCUT2D eigenvalue weighted by molar-refractivity contribution is 0.208. The van der Waals surface area contributed by atoms with Crippen molar-refractivity contribution < 1.29 is 5.11 Å². The molecule has 13 heavy (non-hydrogen) atoms. The SMILES string of the molecule is CC(O)CNc1ncnc(Cl)c1Br. The van der Waals surface area contributed by atoms with Crippen LogP contribution in [0.25, 0.3) is 0 Å². The largest absolute Gasteiger partial charge is 0.392 e. The average molecular weight is 267 g/mol. The van der Waals surface area contributed by atoms with Crippen LogP contribution in [0.2, 0.25) is 5.15 Å². The first-order valence-electron chi connectivity index (χ1n) is 3.69. The summed E-state index contributed by atoms with van der Waals surface area (Å²) in [6.45, 7) is 2.11. The second kappa shape index (κ2) is 4.74. The third-order valence-corrected chi connectivity index (χ3v) is 2.58. The predicted molar refractivity (Wildman–Crippen MR) is 54.9 cm³/mol. The van der Waals surface area contributed by atoms with Gasteiger partial charge in [0.05, 0.1) is 10.6 Å². The molecule has 1 atom stereocenters. The van der Waals surface area contributed by atoms with E-state index < -0.39 is 6.10 Å². The van der Waals surface area contributed by atoms with Crippen molar-refractivity contribution in [3.8, 4) is 0 Å². The number of hydrogen-bond acceptors (Lipinski definition) is 4. The quantitative estimate of drug-likeness (QED) is 0.818. The highest BCUT2D eigenvalue weighted by Gasteiger charge is 2.06. The van der Waals surface area contributed by atoms with E-state index in [2.05, 4.69) is 31.2 Å². The molecule has 1 aromatic rings. The number of halogens is 2. The molecule has 0 amide bonds. The number of anilines is 1. The highest BCUT2D eigenvalue weighted by Crippen LogP contribution is 2.25. The van der Waals surface area contributed by atoms with Crippen LogP contribution in [0.15, 0.2) is 10.8 Å². The molecule has 0 aliphatic carbocycles. The van der Waals surface area contributed by atoms with Crippen LogP contribution in [-0.2, 0) is 0 Å². The molecule has 4 nitrogen and oxygen atoms in total. The first-order valence-corrected chi connectivity index (χ1v) is 4.86. The van der Waals surface area contributed by atoms with Gasteiger partial charge in [0, 0.05) is 6.54 Å². The Balaban J connectivity index is 2.71. The van der Waals surface area contributed by atoms with Gasteiger partial charge in [-0.15, -0.1) is 0 Å². The van der Waals surface area contributed by atoms with E-state index >= 15 is 0 Å². The normalized spacial score (nSPS) is 12.6. The van der Waals surface area contributed by atoms with Gasteiger partial charge in [-0.05, 0) is 22.9 Å². The van der Waals surface area contributed by atoms with Crippen LogP contribution in [0.4, 0.5) is 5.82 Å². The molecule has 0 saturated heterocycles. The van der Waals surface area contributed by atoms with E-state index in [0.29, 0.717) is 22.0 Å². The molecule has 0 aromatic carbocycles. The fraction of sp³-hybridized carbons (Fsp3) is 0.429. The van der Waals surface area contributed by atoms with Crippen LogP contribution in [0.5, 0.6) is 0 Å². The van der Waals surface area contributed by atoms with Gasteiger partial charge in [0.1, 0.15) is 17.3 Å². The molecule has 0 aliphatic rings. The van der Waals surface area contributed by atoms with Gasteiger partial charge in [-0.2, -0.15) is 0 Å². The zero-order valence-electron chi connectivity index (χ0n) is 6.96. The van der Waals surface area contributed by atoms with Gasteiger partial charge in [-0.1, -0.05) is 11.6 Å². The summed E-state index contributed by atoms with van der Waals surface area (Å²) in [4.78, 5) is 7.72. The Hall–Kier alpha value is -0.390. The van der Waals surface area contributed by atoms with Gasteiger partial charge >= 0.3 is 0 Å². The summed E-state index contributed by atoms with van der Waals surface area (Å²) in [6, 6.07) is 0. The van der Waals surface area contributed by atoms with E-state index in [9.17, 15) is 0 Å². The van der Waals surface area contributed by atoms with Crippen molar-refractivity contribution in [1.29, 1.82) is 0 Å². The smallest absolute Gasteiger partial charge is 0.148 e. The van der Waals surface area contributed by atoms with Gasteiger partial charge < -0.3 is 10.4 Å². The molecule has 0 bridgehead atoms. The Morgan fingerprint density at radius 1 is 1.69 bits per heavy atom. The molecule has 0 aliphatic heterocycles. The molecule has 1 heterocycles. The van der Waals surface area contributed by atoms with Crippen molar-refractivity contribution in [3.63, 3.8) is 0 Å². The molecule has 1 aromatic heterocycles. The molecule has 0 fully saturated rings. The van der Waals surface area contributed by atoms with E-state index in [4.69, 9.17) is 16.7 Å². The Morgan fingerprint density at radius 3 is 3.00 bits per heavy atom. The Labute approximate surface area is 89.5 Å². The van der Waals surface area contributed by atoms with E-state index in [1.807, 2.05) is 0 Å². The van der Waals surface area contributed by atoms with E-state index in [-0.39, 0.29) is 0 Å². The predicted octanol–water partition coefficient (Wildman–Crippen LogP) is 1.69. The maximum absolute atomic E-state index is 9.02. The average Bonchev–Trinajstić information content (AvgIpc) is 2.07. The molecule has 72 valence electrons. The zero-order chi connectivity index (χ0) is 9.84. The summed E-state index contributed by atoms with van der Waals surface area (Å²) >= 11 is 8.96. The summed E-state index contributed by atoms with van der Waals surface area (Å²) in [6.07, 6.45) is 0.929. The number of nitrogens with one attached hydrogen (secondary N) is 1. The van der Waals surface area contributed by atoms with E-state index in [1.165, 1.54) is 6.33 Å². The molecule has 1 unspecified atom stereocenters. The third-order valence-electron chi connectivity index (χ3n) is 1.31. The molecular weight excluding hydrogens is 257 g/mol. The van der Waals surface area contributed by atoms with Gasteiger partial charge in [0.15, 0.2) is 0 Å². The molecule has 0 radical (unpaired) electrons. The second-order valence-electron chi connectivity index (χ2n) is 2.56. The third kappa shape index (κ3) is 3.10. The first kappa shape index (κ1) is 10.7. The molecular formula is C7H9BrClN3O. The van der Waals surface area contributed by atoms with Crippen LogP contribution >= 0.6 is 27.5 Å². The first-order chi connectivity index (χ1) is 6.11. The topological polar surface area (TPSA) is 58.0 Å². The monoisotopic (exact) mass is 265 g/mol. The van der Waals surface area contributed by atoms with Crippen LogP contribution in [0, 0.1) is 0 Å². The van der Waals surface area contributed by atoms with Crippen LogP contribution in [-0.4, -0.2) is 27.7 Å². The summed E-state index contributed by atoms with van der Waals surface area (Å²) in [5.41, 5.74) is 0. The fourth-order valence-electron chi connectivity index (χ4n) is 0.716. The van der Waals surface area contributed by atoms with Crippen molar-refractivity contribution in [1.82, 2.24) is 9.97 Å². The van der Waals surface area contributed by atoms with Crippen molar-refractivity contribution in [2.24, 2.45) is 0 Å². The second-order valence-corrected chi connectivity index (χ2v) is 3.71. The summed E-state index contributed by atoms with van der Waals surface area (Å²) < 4.78 is 0.609. The van der Waals surface area contributed by atoms with Crippen molar-refractivity contribution in [2.45, 2.75) is 13.0 Å². The summed E-state index contributed by atoms with van der Waals surface area (Å²) in [5.74, 6) is 0.584. The Kier molecular flexibility index (Phi) is 3.90. The molecule has 6 heteroatoms. The molecule has 0 saturated carbocycles. The molecule has 1 rings (SSSR count). The lowest BCUT2D eigenvalue weighted by Gasteiger charge is -2.08. The van der Waals surface area contributed by atoms with Gasteiger partial charge in [0.2, 0.25) is 0 Å². The number of aromatic nitrogens is 2. The molecule has 0 spiro atoms. The lowest BCUT2D eigenvalue weighted by atomic mass is 10.4. The van der Waals surface area contributed by atoms with Crippen molar-refractivity contribution in [3.05, 3.63) is 16.0 Å². The zero-order valence-corrected chi connectivity index (χ0v) is 9.30. The lowest BCUT2D eigenvalue weighted by Crippen LogP contribution is -2.16.